The lowest BCUT2D eigenvalue weighted by atomic mass is 9.82. The molecular formula is C37H57F3N4O5. The molecule has 1 aromatic rings. The maximum absolute atomic E-state index is 13.8. The molecule has 0 aliphatic heterocycles. The van der Waals surface area contributed by atoms with Crippen LogP contribution < -0.4 is 10.6 Å². The van der Waals surface area contributed by atoms with Crippen molar-refractivity contribution in [3.8, 4) is 11.8 Å². The number of halogens is 3. The molecule has 1 saturated carbocycles. The number of aliphatic hydroxyl groups excluding tert-OH is 2. The first kappa shape index (κ1) is 42.0. The topological polar surface area (TPSA) is 122 Å². The lowest BCUT2D eigenvalue weighted by molar-refractivity contribution is -0.144. The molecule has 1 aliphatic carbocycles. The number of likely N-dealkylation sites (N-methyl/N-ethyl adjacent to an activating group) is 2. The van der Waals surface area contributed by atoms with E-state index in [1.54, 1.807) is 6.92 Å². The molecule has 0 spiro atoms. The Bertz CT molecular complexity index is 1210. The van der Waals surface area contributed by atoms with Crippen molar-refractivity contribution in [2.75, 3.05) is 33.7 Å². The van der Waals surface area contributed by atoms with Crippen LogP contribution in [0.15, 0.2) is 30.3 Å². The second-order valence-electron chi connectivity index (χ2n) is 14.0. The number of carbonyl (C=O) groups excluding carboxylic acids is 3. The predicted octanol–water partition coefficient (Wildman–Crippen LogP) is 4.31. The molecule has 12 heteroatoms. The minimum absolute atomic E-state index is 0.00499. The van der Waals surface area contributed by atoms with Gasteiger partial charge >= 0.3 is 6.18 Å². The Morgan fingerprint density at radius 2 is 1.63 bits per heavy atom. The van der Waals surface area contributed by atoms with Crippen molar-refractivity contribution in [2.24, 2.45) is 17.8 Å². The number of amides is 3. The van der Waals surface area contributed by atoms with Crippen molar-refractivity contribution in [1.29, 1.82) is 0 Å². The van der Waals surface area contributed by atoms with E-state index in [9.17, 15) is 37.8 Å². The van der Waals surface area contributed by atoms with E-state index in [0.29, 0.717) is 12.8 Å². The molecule has 276 valence electrons. The number of aliphatic hydroxyl groups is 2. The molecule has 3 unspecified atom stereocenters. The van der Waals surface area contributed by atoms with E-state index >= 15 is 0 Å². The molecule has 0 saturated heterocycles. The minimum atomic E-state index is -4.36. The molecule has 0 bridgehead atoms. The molecule has 3 amide bonds. The van der Waals surface area contributed by atoms with Crippen LogP contribution >= 0.6 is 0 Å². The van der Waals surface area contributed by atoms with Gasteiger partial charge < -0.3 is 25.7 Å². The van der Waals surface area contributed by atoms with E-state index in [1.165, 1.54) is 19.0 Å². The van der Waals surface area contributed by atoms with Gasteiger partial charge in [-0.05, 0) is 50.6 Å². The van der Waals surface area contributed by atoms with Crippen molar-refractivity contribution < 1.29 is 37.8 Å². The van der Waals surface area contributed by atoms with E-state index in [0.717, 1.165) is 42.6 Å². The molecule has 49 heavy (non-hydrogen) atoms. The molecule has 0 aromatic heterocycles. The first-order valence-electron chi connectivity index (χ1n) is 17.5. The lowest BCUT2D eigenvalue weighted by Gasteiger charge is -2.33. The van der Waals surface area contributed by atoms with Gasteiger partial charge in [0.2, 0.25) is 17.7 Å². The van der Waals surface area contributed by atoms with E-state index in [2.05, 4.69) is 22.5 Å². The first-order valence-corrected chi connectivity index (χ1v) is 17.5. The highest BCUT2D eigenvalue weighted by atomic mass is 19.4. The normalized spacial score (nSPS) is 17.0. The summed E-state index contributed by atoms with van der Waals surface area (Å²) in [6.07, 6.45) is -0.533. The van der Waals surface area contributed by atoms with Gasteiger partial charge in [0, 0.05) is 33.0 Å². The number of benzene rings is 1. The molecule has 2 rings (SSSR count). The van der Waals surface area contributed by atoms with E-state index in [4.69, 9.17) is 0 Å². The zero-order valence-corrected chi connectivity index (χ0v) is 29.8. The van der Waals surface area contributed by atoms with Gasteiger partial charge in [0.05, 0.1) is 24.6 Å². The number of rotatable bonds is 19. The van der Waals surface area contributed by atoms with Crippen molar-refractivity contribution in [2.45, 2.75) is 115 Å². The largest absolute Gasteiger partial charge is 0.401 e. The zero-order valence-electron chi connectivity index (χ0n) is 29.8. The Kier molecular flexibility index (Phi) is 18.2. The van der Waals surface area contributed by atoms with Gasteiger partial charge in [-0.1, -0.05) is 76.3 Å². The van der Waals surface area contributed by atoms with Crippen molar-refractivity contribution >= 4 is 17.7 Å². The summed E-state index contributed by atoms with van der Waals surface area (Å²) >= 11 is 0. The van der Waals surface area contributed by atoms with Crippen LogP contribution in [0.2, 0.25) is 0 Å². The highest BCUT2D eigenvalue weighted by molar-refractivity contribution is 5.91. The number of carbonyl (C=O) groups is 3. The smallest absolute Gasteiger partial charge is 0.390 e. The number of alkyl halides is 3. The van der Waals surface area contributed by atoms with E-state index < -0.39 is 60.7 Å². The highest BCUT2D eigenvalue weighted by Crippen LogP contribution is 2.29. The lowest BCUT2D eigenvalue weighted by Crippen LogP contribution is -2.56. The average molecular weight is 695 g/mol. The van der Waals surface area contributed by atoms with E-state index in [-0.39, 0.29) is 44.2 Å². The third-order valence-electron chi connectivity index (χ3n) is 9.08. The zero-order chi connectivity index (χ0) is 36.6. The third kappa shape index (κ3) is 16.4. The number of nitrogens with zero attached hydrogens (tertiary/aromatic N) is 2. The molecule has 1 aliphatic rings. The van der Waals surface area contributed by atoms with Crippen molar-refractivity contribution in [1.82, 2.24) is 20.4 Å². The summed E-state index contributed by atoms with van der Waals surface area (Å²) in [5, 5.41) is 27.7. The summed E-state index contributed by atoms with van der Waals surface area (Å²) in [7, 11) is 2.81. The Morgan fingerprint density at radius 3 is 2.22 bits per heavy atom. The van der Waals surface area contributed by atoms with Crippen LogP contribution in [0, 0.1) is 29.6 Å². The SMILES string of the molecule is CC#CC[C@H](NC(=O)C(CC(=O)N(C)CCN(C)CC(F)(F)F)Cc1ccccc1)C(=O)NC(CC1CCCCC1)[C@@H](O)C(O)CC(C)C. The standard InChI is InChI=1S/C37H57F3N4O5/c1-6-7-18-30(36(49)42-31(23-28-16-12-9-13-17-28)34(47)32(45)21-26(2)3)41-35(48)29(22-27-14-10-8-11-15-27)24-33(46)44(5)20-19-43(4)25-37(38,39)40/h8,10-11,14-15,26,28-32,34,45,47H,9,12-13,16-25H2,1-5H3,(H,41,48)(H,42,49)/t29?,30-,31?,32?,34+/m0/s1. The van der Waals surface area contributed by atoms with Gasteiger partial charge in [-0.25, -0.2) is 0 Å². The van der Waals surface area contributed by atoms with Crippen LogP contribution in [0.5, 0.6) is 0 Å². The Hall–Kier alpha value is -3.14. The van der Waals surface area contributed by atoms with Crippen molar-refractivity contribution in [3.63, 3.8) is 0 Å². The van der Waals surface area contributed by atoms with Crippen LogP contribution in [0.25, 0.3) is 0 Å². The molecular weight excluding hydrogens is 637 g/mol. The van der Waals surface area contributed by atoms with Gasteiger partial charge in [-0.2, -0.15) is 13.2 Å². The number of hydrogen-bond donors (Lipinski definition) is 4. The maximum atomic E-state index is 13.8. The molecule has 1 aromatic carbocycles. The first-order chi connectivity index (χ1) is 23.1. The second-order valence-corrected chi connectivity index (χ2v) is 14.0. The van der Waals surface area contributed by atoms with Crippen molar-refractivity contribution in [3.05, 3.63) is 35.9 Å². The summed E-state index contributed by atoms with van der Waals surface area (Å²) in [5.41, 5.74) is 0.798. The average Bonchev–Trinajstić information content (AvgIpc) is 3.04. The molecule has 4 N–H and O–H groups in total. The Labute approximate surface area is 290 Å². The summed E-state index contributed by atoms with van der Waals surface area (Å²) in [4.78, 5) is 43.3. The Morgan fingerprint density at radius 1 is 0.980 bits per heavy atom. The minimum Gasteiger partial charge on any atom is -0.390 e. The van der Waals surface area contributed by atoms with Crippen LogP contribution in [-0.4, -0.2) is 102 Å². The maximum Gasteiger partial charge on any atom is 0.401 e. The monoisotopic (exact) mass is 694 g/mol. The van der Waals surface area contributed by atoms with Crippen LogP contribution in [0.1, 0.15) is 84.1 Å². The molecule has 5 atom stereocenters. The number of nitrogens with one attached hydrogen (secondary N) is 2. The van der Waals surface area contributed by atoms with E-state index in [1.807, 2.05) is 44.2 Å². The summed E-state index contributed by atoms with van der Waals surface area (Å²) in [6, 6.07) is 7.28. The fraction of sp³-hybridized carbons (Fsp3) is 0.703. The quantitative estimate of drug-likeness (QED) is 0.160. The van der Waals surface area contributed by atoms with Gasteiger partial charge in [-0.15, -0.1) is 11.8 Å². The molecule has 9 nitrogen and oxygen atoms in total. The summed E-state index contributed by atoms with van der Waals surface area (Å²) in [6.45, 7) is 4.44. The molecule has 0 heterocycles. The van der Waals surface area contributed by atoms with Gasteiger partial charge in [0.15, 0.2) is 0 Å². The van der Waals surface area contributed by atoms with Crippen LogP contribution in [0.3, 0.4) is 0 Å². The van der Waals surface area contributed by atoms with Crippen LogP contribution in [-0.2, 0) is 20.8 Å². The molecule has 1 fully saturated rings. The fourth-order valence-corrected chi connectivity index (χ4v) is 6.30. The fourth-order valence-electron chi connectivity index (χ4n) is 6.30. The predicted molar refractivity (Wildman–Crippen MR) is 184 cm³/mol. The van der Waals surface area contributed by atoms with Gasteiger partial charge in [0.25, 0.3) is 0 Å². The molecule has 0 radical (unpaired) electrons. The second kappa shape index (κ2) is 21.2. The van der Waals surface area contributed by atoms with Crippen LogP contribution in [0.4, 0.5) is 13.2 Å². The third-order valence-corrected chi connectivity index (χ3v) is 9.08. The summed E-state index contributed by atoms with van der Waals surface area (Å²) in [5.74, 6) is 3.66. The number of hydrogen-bond acceptors (Lipinski definition) is 6. The summed E-state index contributed by atoms with van der Waals surface area (Å²) < 4.78 is 38.3. The van der Waals surface area contributed by atoms with Gasteiger partial charge in [0.1, 0.15) is 12.1 Å². The Balaban J connectivity index is 2.23. The highest BCUT2D eigenvalue weighted by Gasteiger charge is 2.34. The van der Waals surface area contributed by atoms with Gasteiger partial charge in [-0.3, -0.25) is 19.3 Å².